The van der Waals surface area contributed by atoms with Crippen LogP contribution in [0.15, 0.2) is 0 Å². The quantitative estimate of drug-likeness (QED) is 0.716. The summed E-state index contributed by atoms with van der Waals surface area (Å²) in [4.78, 5) is 5.27. The van der Waals surface area contributed by atoms with Gasteiger partial charge in [-0.15, -0.1) is 0 Å². The highest BCUT2D eigenvalue weighted by atomic mass is 15.3. The first kappa shape index (κ1) is 15.9. The summed E-state index contributed by atoms with van der Waals surface area (Å²) >= 11 is 0. The van der Waals surface area contributed by atoms with Gasteiger partial charge in [-0.2, -0.15) is 0 Å². The topological polar surface area (TPSA) is 18.5 Å². The molecule has 0 aliphatic carbocycles. The standard InChI is InChI=1S/C15H33N3/c1-5-7-15(3,13-16-4)14-18-11-9-17(8-6-2)10-12-18/h16H,5-14H2,1-4H3. The van der Waals surface area contributed by atoms with Crippen LogP contribution in [-0.2, 0) is 0 Å². The predicted molar refractivity (Wildman–Crippen MR) is 80.1 cm³/mol. The van der Waals surface area contributed by atoms with E-state index in [2.05, 4.69) is 42.9 Å². The van der Waals surface area contributed by atoms with Gasteiger partial charge in [0.2, 0.25) is 0 Å². The summed E-state index contributed by atoms with van der Waals surface area (Å²) in [5.41, 5.74) is 0.441. The lowest BCUT2D eigenvalue weighted by Crippen LogP contribution is -2.51. The van der Waals surface area contributed by atoms with Crippen LogP contribution in [0.25, 0.3) is 0 Å². The minimum absolute atomic E-state index is 0.441. The Morgan fingerprint density at radius 3 is 2.11 bits per heavy atom. The largest absolute Gasteiger partial charge is 0.319 e. The van der Waals surface area contributed by atoms with Crippen molar-refractivity contribution in [3.63, 3.8) is 0 Å². The fourth-order valence-corrected chi connectivity index (χ4v) is 3.28. The number of nitrogens with zero attached hydrogens (tertiary/aromatic N) is 2. The molecule has 3 nitrogen and oxygen atoms in total. The van der Waals surface area contributed by atoms with Gasteiger partial charge in [-0.3, -0.25) is 0 Å². The van der Waals surface area contributed by atoms with Gasteiger partial charge >= 0.3 is 0 Å². The van der Waals surface area contributed by atoms with Crippen molar-refractivity contribution < 1.29 is 0 Å². The Labute approximate surface area is 114 Å². The van der Waals surface area contributed by atoms with Crippen molar-refractivity contribution in [3.8, 4) is 0 Å². The summed E-state index contributed by atoms with van der Waals surface area (Å²) in [6, 6.07) is 0. The molecule has 0 aromatic carbocycles. The molecule has 0 saturated carbocycles. The maximum Gasteiger partial charge on any atom is 0.0110 e. The van der Waals surface area contributed by atoms with E-state index in [0.29, 0.717) is 5.41 Å². The number of piperazine rings is 1. The highest BCUT2D eigenvalue weighted by molar-refractivity contribution is 4.82. The van der Waals surface area contributed by atoms with E-state index in [1.54, 1.807) is 0 Å². The molecule has 1 N–H and O–H groups in total. The summed E-state index contributed by atoms with van der Waals surface area (Å²) in [6.07, 6.45) is 3.89. The Hall–Kier alpha value is -0.120. The van der Waals surface area contributed by atoms with Crippen LogP contribution in [0.1, 0.15) is 40.0 Å². The monoisotopic (exact) mass is 255 g/mol. The minimum atomic E-state index is 0.441. The zero-order valence-electron chi connectivity index (χ0n) is 13.0. The van der Waals surface area contributed by atoms with Gasteiger partial charge in [0.25, 0.3) is 0 Å². The first-order valence-corrected chi connectivity index (χ1v) is 7.73. The molecule has 1 aliphatic heterocycles. The molecule has 0 spiro atoms. The van der Waals surface area contributed by atoms with Crippen LogP contribution >= 0.6 is 0 Å². The number of hydrogen-bond acceptors (Lipinski definition) is 3. The molecule has 0 radical (unpaired) electrons. The average Bonchev–Trinajstić information content (AvgIpc) is 2.32. The third kappa shape index (κ3) is 5.25. The van der Waals surface area contributed by atoms with E-state index < -0.39 is 0 Å². The Morgan fingerprint density at radius 1 is 1.00 bits per heavy atom. The van der Waals surface area contributed by atoms with Crippen molar-refractivity contribution in [2.75, 3.05) is 52.9 Å². The molecule has 1 saturated heterocycles. The number of rotatable bonds is 8. The molecule has 108 valence electrons. The molecule has 1 heterocycles. The zero-order chi connectivity index (χ0) is 13.4. The van der Waals surface area contributed by atoms with Crippen molar-refractivity contribution in [2.24, 2.45) is 5.41 Å². The molecule has 1 fully saturated rings. The van der Waals surface area contributed by atoms with E-state index in [0.717, 1.165) is 6.54 Å². The van der Waals surface area contributed by atoms with E-state index >= 15 is 0 Å². The van der Waals surface area contributed by atoms with Gasteiger partial charge in [0.05, 0.1) is 0 Å². The molecule has 1 rings (SSSR count). The van der Waals surface area contributed by atoms with Gasteiger partial charge in [0, 0.05) is 39.3 Å². The fraction of sp³-hybridized carbons (Fsp3) is 1.00. The van der Waals surface area contributed by atoms with Crippen LogP contribution in [-0.4, -0.2) is 62.7 Å². The summed E-state index contributed by atoms with van der Waals surface area (Å²) in [6.45, 7) is 15.7. The smallest absolute Gasteiger partial charge is 0.0110 e. The minimum Gasteiger partial charge on any atom is -0.319 e. The second-order valence-electron chi connectivity index (χ2n) is 6.21. The molecule has 0 bridgehead atoms. The molecule has 0 aromatic heterocycles. The highest BCUT2D eigenvalue weighted by Crippen LogP contribution is 2.24. The predicted octanol–water partition coefficient (Wildman–Crippen LogP) is 2.04. The number of hydrogen-bond donors (Lipinski definition) is 1. The highest BCUT2D eigenvalue weighted by Gasteiger charge is 2.27. The first-order chi connectivity index (χ1) is 8.63. The second-order valence-corrected chi connectivity index (χ2v) is 6.21. The van der Waals surface area contributed by atoms with Gasteiger partial charge in [-0.25, -0.2) is 0 Å². The van der Waals surface area contributed by atoms with E-state index in [4.69, 9.17) is 0 Å². The molecule has 1 aliphatic rings. The van der Waals surface area contributed by atoms with Gasteiger partial charge in [-0.05, 0) is 31.8 Å². The van der Waals surface area contributed by atoms with Crippen molar-refractivity contribution in [1.29, 1.82) is 0 Å². The lowest BCUT2D eigenvalue weighted by Gasteiger charge is -2.40. The van der Waals surface area contributed by atoms with E-state index in [1.807, 2.05) is 0 Å². The molecule has 0 amide bonds. The maximum absolute atomic E-state index is 3.37. The Morgan fingerprint density at radius 2 is 1.61 bits per heavy atom. The van der Waals surface area contributed by atoms with Crippen LogP contribution in [0.3, 0.4) is 0 Å². The van der Waals surface area contributed by atoms with Crippen LogP contribution in [0.2, 0.25) is 0 Å². The summed E-state index contributed by atoms with van der Waals surface area (Å²) in [7, 11) is 2.08. The molecule has 3 heteroatoms. The first-order valence-electron chi connectivity index (χ1n) is 7.73. The van der Waals surface area contributed by atoms with Crippen LogP contribution in [0, 0.1) is 5.41 Å². The van der Waals surface area contributed by atoms with Gasteiger partial charge in [-0.1, -0.05) is 27.2 Å². The maximum atomic E-state index is 3.37. The van der Waals surface area contributed by atoms with E-state index in [9.17, 15) is 0 Å². The molecule has 0 aromatic rings. The van der Waals surface area contributed by atoms with Crippen molar-refractivity contribution in [3.05, 3.63) is 0 Å². The van der Waals surface area contributed by atoms with E-state index in [1.165, 1.54) is 58.5 Å². The molecule has 1 unspecified atom stereocenters. The molecule has 18 heavy (non-hydrogen) atoms. The van der Waals surface area contributed by atoms with Gasteiger partial charge in [0.15, 0.2) is 0 Å². The summed E-state index contributed by atoms with van der Waals surface area (Å²) < 4.78 is 0. The fourth-order valence-electron chi connectivity index (χ4n) is 3.28. The third-order valence-corrected chi connectivity index (χ3v) is 4.07. The van der Waals surface area contributed by atoms with Crippen LogP contribution < -0.4 is 5.32 Å². The summed E-state index contributed by atoms with van der Waals surface area (Å²) in [5, 5.41) is 3.37. The van der Waals surface area contributed by atoms with Gasteiger partial charge in [0.1, 0.15) is 0 Å². The third-order valence-electron chi connectivity index (χ3n) is 4.07. The van der Waals surface area contributed by atoms with Crippen LogP contribution in [0.5, 0.6) is 0 Å². The van der Waals surface area contributed by atoms with Crippen molar-refractivity contribution in [1.82, 2.24) is 15.1 Å². The lowest BCUT2D eigenvalue weighted by atomic mass is 9.84. The molecule has 1 atom stereocenters. The Bertz CT molecular complexity index is 204. The van der Waals surface area contributed by atoms with Crippen LogP contribution in [0.4, 0.5) is 0 Å². The average molecular weight is 255 g/mol. The lowest BCUT2D eigenvalue weighted by molar-refractivity contribution is 0.0867. The summed E-state index contributed by atoms with van der Waals surface area (Å²) in [5.74, 6) is 0. The van der Waals surface area contributed by atoms with Crippen molar-refractivity contribution in [2.45, 2.75) is 40.0 Å². The van der Waals surface area contributed by atoms with Crippen molar-refractivity contribution >= 4 is 0 Å². The Balaban J connectivity index is 2.37. The Kier molecular flexibility index (Phi) is 7.20. The number of nitrogens with one attached hydrogen (secondary N) is 1. The zero-order valence-corrected chi connectivity index (χ0v) is 13.0. The normalized spacial score (nSPS) is 22.0. The molecular formula is C15H33N3. The van der Waals surface area contributed by atoms with E-state index in [-0.39, 0.29) is 0 Å². The second kappa shape index (κ2) is 8.13. The van der Waals surface area contributed by atoms with Gasteiger partial charge < -0.3 is 15.1 Å². The molecular weight excluding hydrogens is 222 g/mol. The SMILES string of the molecule is CCCN1CCN(CC(C)(CCC)CNC)CC1.